The first-order chi connectivity index (χ1) is 29.5. The van der Waals surface area contributed by atoms with Gasteiger partial charge in [-0.25, -0.2) is 0 Å². The Balaban J connectivity index is 0.000000165. The number of hydrogen-bond donors (Lipinski definition) is 0. The molecule has 0 atom stereocenters. The van der Waals surface area contributed by atoms with Crippen molar-refractivity contribution < 1.29 is 24.5 Å². The molecule has 0 aliphatic heterocycles. The van der Waals surface area contributed by atoms with E-state index in [4.69, 9.17) is 9.40 Å². The third kappa shape index (κ3) is 10.8. The molecule has 0 spiro atoms. The summed E-state index contributed by atoms with van der Waals surface area (Å²) in [5.74, 6) is 1.00. The maximum absolute atomic E-state index is 6.36. The van der Waals surface area contributed by atoms with Gasteiger partial charge < -0.3 is 4.42 Å². The molecular formula is C56H57IrN3OSi. The van der Waals surface area contributed by atoms with Gasteiger partial charge in [-0.2, -0.15) is 0 Å². The Hall–Kier alpha value is -5.78. The molecule has 315 valence electrons. The number of para-hydroxylation sites is 1. The number of furan rings is 1. The fraction of sp³-hybridized carbons (Fsp3) is 0.196. The Labute approximate surface area is 382 Å². The summed E-state index contributed by atoms with van der Waals surface area (Å²) in [7, 11) is -1.33. The second kappa shape index (κ2) is 20.9. The Morgan fingerprint density at radius 2 is 1.08 bits per heavy atom. The smallest absolute Gasteiger partial charge is 0.145 e. The van der Waals surface area contributed by atoms with Crippen LogP contribution in [0.1, 0.15) is 63.1 Å². The molecule has 0 aliphatic carbocycles. The van der Waals surface area contributed by atoms with E-state index in [1.807, 2.05) is 54.9 Å². The minimum Gasteiger partial charge on any atom is -0.455 e. The van der Waals surface area contributed by atoms with E-state index < -0.39 is 8.07 Å². The van der Waals surface area contributed by atoms with E-state index in [9.17, 15) is 0 Å². The van der Waals surface area contributed by atoms with Crippen molar-refractivity contribution in [2.75, 3.05) is 0 Å². The van der Waals surface area contributed by atoms with Crippen molar-refractivity contribution >= 4 is 35.2 Å². The topological polar surface area (TPSA) is 51.8 Å². The molecule has 0 saturated carbocycles. The van der Waals surface area contributed by atoms with Crippen molar-refractivity contribution in [3.05, 3.63) is 193 Å². The third-order valence-electron chi connectivity index (χ3n) is 11.1. The van der Waals surface area contributed by atoms with Crippen LogP contribution in [0.3, 0.4) is 0 Å². The molecule has 9 aromatic rings. The van der Waals surface area contributed by atoms with Crippen LogP contribution >= 0.6 is 0 Å². The van der Waals surface area contributed by atoms with Crippen LogP contribution in [0, 0.1) is 0 Å². The predicted molar refractivity (Wildman–Crippen MR) is 262 cm³/mol. The number of hydrogen-bond acceptors (Lipinski definition) is 4. The van der Waals surface area contributed by atoms with Crippen LogP contribution in [-0.2, 0) is 26.5 Å². The summed E-state index contributed by atoms with van der Waals surface area (Å²) >= 11 is 0. The van der Waals surface area contributed by atoms with Gasteiger partial charge in [-0.15, -0.1) is 0 Å². The molecule has 5 aromatic carbocycles. The second-order valence-electron chi connectivity index (χ2n) is 17.2. The zero-order chi connectivity index (χ0) is 42.9. The molecule has 0 aliphatic rings. The Kier molecular flexibility index (Phi) is 15.4. The number of pyridine rings is 3. The van der Waals surface area contributed by atoms with Gasteiger partial charge in [0.2, 0.25) is 0 Å². The molecule has 0 unspecified atom stereocenters. The van der Waals surface area contributed by atoms with Gasteiger partial charge in [0.1, 0.15) is 11.2 Å². The summed E-state index contributed by atoms with van der Waals surface area (Å²) in [4.78, 5) is 13.7. The number of aromatic nitrogens is 3. The normalized spacial score (nSPS) is 11.1. The molecule has 0 amide bonds. The van der Waals surface area contributed by atoms with Crippen LogP contribution in [0.5, 0.6) is 0 Å². The van der Waals surface area contributed by atoms with Crippen LogP contribution in [-0.4, -0.2) is 23.0 Å². The molecule has 4 aromatic heterocycles. The van der Waals surface area contributed by atoms with Gasteiger partial charge in [0.15, 0.2) is 0 Å². The molecule has 0 fully saturated rings. The van der Waals surface area contributed by atoms with Crippen LogP contribution in [0.4, 0.5) is 0 Å². The first kappa shape index (κ1) is 45.7. The Bertz CT molecular complexity index is 2830. The zero-order valence-corrected chi connectivity index (χ0v) is 40.6. The summed E-state index contributed by atoms with van der Waals surface area (Å²) in [6.45, 7) is 18.3. The van der Waals surface area contributed by atoms with Crippen LogP contribution in [0.15, 0.2) is 181 Å². The van der Waals surface area contributed by atoms with Gasteiger partial charge in [-0.3, -0.25) is 15.0 Å². The molecule has 9 rings (SSSR count). The van der Waals surface area contributed by atoms with Crippen LogP contribution in [0.2, 0.25) is 19.6 Å². The summed E-state index contributed by atoms with van der Waals surface area (Å²) < 4.78 is 6.36. The van der Waals surface area contributed by atoms with Gasteiger partial charge >= 0.3 is 0 Å². The van der Waals surface area contributed by atoms with Crippen molar-refractivity contribution in [3.8, 4) is 44.9 Å². The third-order valence-corrected chi connectivity index (χ3v) is 13.1. The van der Waals surface area contributed by atoms with E-state index in [0.717, 1.165) is 51.0 Å². The predicted octanol–water partition coefficient (Wildman–Crippen LogP) is 15.2. The number of fused-ring (bicyclic) bond motifs is 3. The van der Waals surface area contributed by atoms with Gasteiger partial charge in [-0.05, 0) is 93.7 Å². The minimum absolute atomic E-state index is 0. The average molecular weight is 1010 g/mol. The standard InChI is InChI=1S/C26H21NO.C17H23NSi.C13H13N.Ir/c1-17(2)19-14-15-27-23(16-19)21-13-12-20(18-8-4-3-5-9-18)25-22-10-6-7-11-24(22)28-26(21)25;1-13(2)15-11-16(14-9-7-6-8-10-14)18-12-17(15)19(3,4)5;1-2-11-8-9-14-13(10-11)12-6-4-3-5-7-12;/h3-17H,1-2H3;6-13H,1-5H3;3-10H,2H2,1H3;. The quantitative estimate of drug-likeness (QED) is 0.142. The van der Waals surface area contributed by atoms with Gasteiger partial charge in [-0.1, -0.05) is 170 Å². The second-order valence-corrected chi connectivity index (χ2v) is 22.2. The molecule has 0 saturated heterocycles. The van der Waals surface area contributed by atoms with E-state index in [2.05, 4.69) is 186 Å². The van der Waals surface area contributed by atoms with E-state index in [0.29, 0.717) is 11.8 Å². The van der Waals surface area contributed by atoms with Crippen molar-refractivity contribution in [1.82, 2.24) is 15.0 Å². The number of rotatable bonds is 8. The van der Waals surface area contributed by atoms with Crippen molar-refractivity contribution in [2.45, 2.75) is 72.5 Å². The maximum Gasteiger partial charge on any atom is 0.145 e. The summed E-state index contributed by atoms with van der Waals surface area (Å²) in [6, 6.07) is 54.5. The SMILES string of the molecule is CC(C)c1cc(-c2ccccc2)ncc1[Si](C)(C)C.CC(C)c1ccnc(-c2ccc(-c3ccccc3)c3c2oc2ccccc23)c1.CCc1ccnc(-c2ccccc2)c1.[Ir]. The number of aryl methyl sites for hydroxylation is 1. The molecule has 0 N–H and O–H groups in total. The molecule has 62 heavy (non-hydrogen) atoms. The van der Waals surface area contributed by atoms with Crippen LogP contribution in [0.25, 0.3) is 66.8 Å². The first-order valence-electron chi connectivity index (χ1n) is 21.5. The molecular weight excluding hydrogens is 951 g/mol. The van der Waals surface area contributed by atoms with Crippen molar-refractivity contribution in [2.24, 2.45) is 0 Å². The molecule has 4 nitrogen and oxygen atoms in total. The summed E-state index contributed by atoms with van der Waals surface area (Å²) in [5.41, 5.74) is 14.8. The maximum atomic E-state index is 6.36. The molecule has 0 bridgehead atoms. The number of nitrogens with zero attached hydrogens (tertiary/aromatic N) is 3. The minimum atomic E-state index is -1.33. The molecule has 1 radical (unpaired) electrons. The van der Waals surface area contributed by atoms with Crippen molar-refractivity contribution in [1.29, 1.82) is 0 Å². The summed E-state index contributed by atoms with van der Waals surface area (Å²) in [5, 5.41) is 3.77. The van der Waals surface area contributed by atoms with Crippen LogP contribution < -0.4 is 5.19 Å². The summed E-state index contributed by atoms with van der Waals surface area (Å²) in [6.07, 6.45) is 6.94. The molecule has 6 heteroatoms. The van der Waals surface area contributed by atoms with Gasteiger partial charge in [0.25, 0.3) is 0 Å². The largest absolute Gasteiger partial charge is 0.455 e. The van der Waals surface area contributed by atoms with E-state index in [-0.39, 0.29) is 20.1 Å². The fourth-order valence-corrected chi connectivity index (χ4v) is 9.32. The van der Waals surface area contributed by atoms with Gasteiger partial charge in [0, 0.05) is 66.2 Å². The van der Waals surface area contributed by atoms with E-state index in [1.165, 1.54) is 44.1 Å². The monoisotopic (exact) mass is 1010 g/mol. The van der Waals surface area contributed by atoms with Crippen molar-refractivity contribution in [3.63, 3.8) is 0 Å². The van der Waals surface area contributed by atoms with E-state index >= 15 is 0 Å². The number of benzene rings is 5. The Morgan fingerprint density at radius 3 is 1.68 bits per heavy atom. The Morgan fingerprint density at radius 1 is 0.532 bits per heavy atom. The van der Waals surface area contributed by atoms with E-state index in [1.54, 1.807) is 0 Å². The fourth-order valence-electron chi connectivity index (χ4n) is 7.64. The average Bonchev–Trinajstić information content (AvgIpc) is 3.69. The molecule has 4 heterocycles. The first-order valence-corrected chi connectivity index (χ1v) is 25.0. The zero-order valence-electron chi connectivity index (χ0n) is 37.2. The van der Waals surface area contributed by atoms with Gasteiger partial charge in [0.05, 0.1) is 25.2 Å².